The van der Waals surface area contributed by atoms with E-state index < -0.39 is 16.0 Å². The van der Waals surface area contributed by atoms with Gasteiger partial charge in [-0.05, 0) is 48.5 Å². The molecule has 0 aromatic heterocycles. The van der Waals surface area contributed by atoms with E-state index >= 15 is 0 Å². The van der Waals surface area contributed by atoms with Gasteiger partial charge in [0.05, 0.1) is 39.3 Å². The Kier molecular flexibility index (Phi) is 6.77. The van der Waals surface area contributed by atoms with Crippen molar-refractivity contribution < 1.29 is 18.3 Å². The summed E-state index contributed by atoms with van der Waals surface area (Å²) in [7, 11) is -4.24. The number of halogens is 3. The van der Waals surface area contributed by atoms with Crippen LogP contribution in [0.25, 0.3) is 0 Å². The lowest BCUT2D eigenvalue weighted by atomic mass is 10.2. The standard InChI is InChI=1S/C21H13Cl3N2O4S/c22-18-5-2-6-19(23)17(18)12-26(14-7-8-20(24)16(10-14)21(27)28)31(29,30)15-4-1-3-13(9-15)11-25/h1-10H,12H2,(H,27,28). The van der Waals surface area contributed by atoms with E-state index in [-0.39, 0.29) is 43.3 Å². The highest BCUT2D eigenvalue weighted by atomic mass is 35.5. The van der Waals surface area contributed by atoms with Gasteiger partial charge in [-0.15, -0.1) is 0 Å². The molecule has 0 saturated heterocycles. The van der Waals surface area contributed by atoms with Crippen LogP contribution in [-0.4, -0.2) is 19.5 Å². The molecule has 6 nitrogen and oxygen atoms in total. The first-order valence-corrected chi connectivity index (χ1v) is 11.2. The molecule has 3 aromatic rings. The maximum Gasteiger partial charge on any atom is 0.337 e. The Bertz CT molecular complexity index is 1300. The number of carbonyl (C=O) groups is 1. The van der Waals surface area contributed by atoms with Gasteiger partial charge in [-0.2, -0.15) is 5.26 Å². The SMILES string of the molecule is N#Cc1cccc(S(=O)(=O)N(Cc2c(Cl)cccc2Cl)c2ccc(Cl)c(C(=O)O)c2)c1. The first-order valence-electron chi connectivity index (χ1n) is 8.64. The number of carboxylic acids is 1. The van der Waals surface area contributed by atoms with Crippen molar-refractivity contribution in [2.24, 2.45) is 0 Å². The molecule has 0 bridgehead atoms. The maximum absolute atomic E-state index is 13.5. The average Bonchev–Trinajstić information content (AvgIpc) is 2.74. The molecule has 31 heavy (non-hydrogen) atoms. The monoisotopic (exact) mass is 494 g/mol. The average molecular weight is 496 g/mol. The first-order chi connectivity index (χ1) is 14.6. The molecule has 158 valence electrons. The Labute approximate surface area is 193 Å². The molecule has 3 rings (SSSR count). The van der Waals surface area contributed by atoms with Gasteiger partial charge in [-0.1, -0.05) is 46.9 Å². The van der Waals surface area contributed by atoms with Crippen molar-refractivity contribution in [3.8, 4) is 6.07 Å². The molecular weight excluding hydrogens is 483 g/mol. The van der Waals surface area contributed by atoms with Gasteiger partial charge in [0.25, 0.3) is 10.0 Å². The predicted molar refractivity (Wildman–Crippen MR) is 119 cm³/mol. The lowest BCUT2D eigenvalue weighted by molar-refractivity contribution is 0.0697. The van der Waals surface area contributed by atoms with E-state index in [2.05, 4.69) is 0 Å². The van der Waals surface area contributed by atoms with Crippen molar-refractivity contribution in [2.75, 3.05) is 4.31 Å². The summed E-state index contributed by atoms with van der Waals surface area (Å²) in [6, 6.07) is 16.0. The Morgan fingerprint density at radius 3 is 2.23 bits per heavy atom. The largest absolute Gasteiger partial charge is 0.478 e. The predicted octanol–water partition coefficient (Wildman–Crippen LogP) is 5.61. The van der Waals surface area contributed by atoms with E-state index in [1.807, 2.05) is 6.07 Å². The van der Waals surface area contributed by atoms with Crippen molar-refractivity contribution in [2.45, 2.75) is 11.4 Å². The van der Waals surface area contributed by atoms with Gasteiger partial charge in [0.1, 0.15) is 0 Å². The van der Waals surface area contributed by atoms with Crippen LogP contribution in [0.15, 0.2) is 65.6 Å². The van der Waals surface area contributed by atoms with Crippen LogP contribution >= 0.6 is 34.8 Å². The third-order valence-electron chi connectivity index (χ3n) is 4.38. The lowest BCUT2D eigenvalue weighted by Crippen LogP contribution is -2.31. The summed E-state index contributed by atoms with van der Waals surface area (Å²) in [5.74, 6) is -1.31. The minimum atomic E-state index is -4.24. The van der Waals surface area contributed by atoms with Gasteiger partial charge in [0.15, 0.2) is 0 Å². The van der Waals surface area contributed by atoms with E-state index in [1.165, 1.54) is 36.4 Å². The second-order valence-electron chi connectivity index (χ2n) is 6.32. The molecule has 0 saturated carbocycles. The number of sulfonamides is 1. The van der Waals surface area contributed by atoms with Gasteiger partial charge in [-0.3, -0.25) is 4.31 Å². The number of nitrogens with zero attached hydrogens (tertiary/aromatic N) is 2. The summed E-state index contributed by atoms with van der Waals surface area (Å²) in [4.78, 5) is 11.4. The van der Waals surface area contributed by atoms with E-state index in [9.17, 15) is 18.3 Å². The van der Waals surface area contributed by atoms with Crippen molar-refractivity contribution in [3.05, 3.63) is 92.4 Å². The van der Waals surface area contributed by atoms with Crippen LogP contribution < -0.4 is 4.31 Å². The Morgan fingerprint density at radius 1 is 0.968 bits per heavy atom. The lowest BCUT2D eigenvalue weighted by Gasteiger charge is -2.26. The van der Waals surface area contributed by atoms with Crippen molar-refractivity contribution in [1.29, 1.82) is 5.26 Å². The molecule has 0 fully saturated rings. The Balaban J connectivity index is 2.23. The van der Waals surface area contributed by atoms with E-state index in [0.717, 1.165) is 10.4 Å². The second-order valence-corrected chi connectivity index (χ2v) is 9.40. The van der Waals surface area contributed by atoms with Crippen molar-refractivity contribution in [3.63, 3.8) is 0 Å². The molecule has 0 aliphatic carbocycles. The van der Waals surface area contributed by atoms with Crippen LogP contribution in [0, 0.1) is 11.3 Å². The van der Waals surface area contributed by atoms with E-state index in [0.29, 0.717) is 5.56 Å². The van der Waals surface area contributed by atoms with Gasteiger partial charge in [0.2, 0.25) is 0 Å². The van der Waals surface area contributed by atoms with Crippen LogP contribution in [0.1, 0.15) is 21.5 Å². The van der Waals surface area contributed by atoms with Gasteiger partial charge in [-0.25, -0.2) is 13.2 Å². The summed E-state index contributed by atoms with van der Waals surface area (Å²) in [5.41, 5.74) is 0.257. The molecule has 0 heterocycles. The van der Waals surface area contributed by atoms with Gasteiger partial charge >= 0.3 is 5.97 Å². The zero-order valence-corrected chi connectivity index (χ0v) is 18.7. The Morgan fingerprint density at radius 2 is 1.61 bits per heavy atom. The summed E-state index contributed by atoms with van der Waals surface area (Å²) >= 11 is 18.4. The maximum atomic E-state index is 13.5. The fourth-order valence-corrected chi connectivity index (χ4v) is 5.01. The van der Waals surface area contributed by atoms with E-state index in [1.54, 1.807) is 18.2 Å². The summed E-state index contributed by atoms with van der Waals surface area (Å²) in [5, 5.41) is 19.0. The van der Waals surface area contributed by atoms with Crippen LogP contribution in [0.3, 0.4) is 0 Å². The number of rotatable bonds is 6. The summed E-state index contributed by atoms with van der Waals surface area (Å²) in [6.07, 6.45) is 0. The molecule has 1 N–H and O–H groups in total. The molecule has 0 atom stereocenters. The zero-order valence-electron chi connectivity index (χ0n) is 15.6. The zero-order chi connectivity index (χ0) is 22.8. The molecule has 0 amide bonds. The number of nitriles is 1. The fraction of sp³-hybridized carbons (Fsp3) is 0.0476. The first kappa shape index (κ1) is 22.9. The third kappa shape index (κ3) is 4.78. The molecule has 0 aliphatic rings. The van der Waals surface area contributed by atoms with Crippen molar-refractivity contribution in [1.82, 2.24) is 0 Å². The van der Waals surface area contributed by atoms with Crippen molar-refractivity contribution >= 4 is 56.5 Å². The molecule has 0 unspecified atom stereocenters. The minimum absolute atomic E-state index is 0.0418. The molecule has 3 aromatic carbocycles. The minimum Gasteiger partial charge on any atom is -0.478 e. The highest BCUT2D eigenvalue weighted by Gasteiger charge is 2.28. The highest BCUT2D eigenvalue weighted by Crippen LogP contribution is 2.33. The van der Waals surface area contributed by atoms with Crippen LogP contribution in [0.4, 0.5) is 5.69 Å². The second kappa shape index (κ2) is 9.16. The molecular formula is C21H13Cl3N2O4S. The summed E-state index contributed by atoms with van der Waals surface area (Å²) in [6.45, 7) is -0.279. The number of aromatic carboxylic acids is 1. The molecule has 10 heteroatoms. The van der Waals surface area contributed by atoms with Gasteiger partial charge in [0, 0.05) is 15.6 Å². The molecule has 0 spiro atoms. The number of hydrogen-bond donors (Lipinski definition) is 1. The van der Waals surface area contributed by atoms with Crippen LogP contribution in [-0.2, 0) is 16.6 Å². The summed E-state index contributed by atoms with van der Waals surface area (Å²) < 4.78 is 28.1. The smallest absolute Gasteiger partial charge is 0.337 e. The quantitative estimate of drug-likeness (QED) is 0.479. The molecule has 0 aliphatic heterocycles. The Hall–Kier alpha value is -2.76. The topological polar surface area (TPSA) is 98.5 Å². The number of anilines is 1. The fourth-order valence-electron chi connectivity index (χ4n) is 2.83. The molecule has 0 radical (unpaired) electrons. The normalized spacial score (nSPS) is 11.0. The number of hydrogen-bond acceptors (Lipinski definition) is 4. The van der Waals surface area contributed by atoms with Gasteiger partial charge < -0.3 is 5.11 Å². The van der Waals surface area contributed by atoms with Crippen LogP contribution in [0.2, 0.25) is 15.1 Å². The number of carboxylic acid groups (broad SMARTS) is 1. The third-order valence-corrected chi connectivity index (χ3v) is 7.19. The van der Waals surface area contributed by atoms with Crippen LogP contribution in [0.5, 0.6) is 0 Å². The van der Waals surface area contributed by atoms with E-state index in [4.69, 9.17) is 40.1 Å². The number of benzene rings is 3. The highest BCUT2D eigenvalue weighted by molar-refractivity contribution is 7.92.